The number of benzene rings is 1. The molecule has 21 heavy (non-hydrogen) atoms. The van der Waals surface area contributed by atoms with Crippen molar-refractivity contribution in [1.29, 1.82) is 0 Å². The van der Waals surface area contributed by atoms with Crippen molar-refractivity contribution in [2.45, 2.75) is 26.2 Å². The Morgan fingerprint density at radius 2 is 2.05 bits per heavy atom. The summed E-state index contributed by atoms with van der Waals surface area (Å²) in [7, 11) is 1.53. The van der Waals surface area contributed by atoms with Crippen molar-refractivity contribution in [2.75, 3.05) is 7.11 Å². The van der Waals surface area contributed by atoms with Crippen LogP contribution in [0.3, 0.4) is 0 Å². The average molecular weight is 354 g/mol. The average Bonchev–Trinajstić information content (AvgIpc) is 2.83. The Hall–Kier alpha value is -1.82. The molecule has 0 bridgehead atoms. The smallest absolute Gasteiger partial charge is 0.341 e. The van der Waals surface area contributed by atoms with Crippen LogP contribution in [-0.4, -0.2) is 23.3 Å². The van der Waals surface area contributed by atoms with Crippen molar-refractivity contribution in [3.8, 4) is 17.0 Å². The molecule has 0 aliphatic rings. The maximum atomic E-state index is 11.7. The maximum Gasteiger partial charge on any atom is 0.341 e. The van der Waals surface area contributed by atoms with E-state index in [0.717, 1.165) is 4.47 Å². The van der Waals surface area contributed by atoms with E-state index >= 15 is 0 Å². The first kappa shape index (κ1) is 15.6. The summed E-state index contributed by atoms with van der Waals surface area (Å²) >= 11 is 3.37. The van der Waals surface area contributed by atoms with Crippen molar-refractivity contribution in [3.63, 3.8) is 0 Å². The Kier molecular flexibility index (Phi) is 4.09. The molecule has 2 aromatic rings. The molecule has 0 saturated heterocycles. The minimum atomic E-state index is -1.07. The molecule has 1 aromatic carbocycles. The fraction of sp³-hybridized carbons (Fsp3) is 0.333. The van der Waals surface area contributed by atoms with Gasteiger partial charge < -0.3 is 14.4 Å². The zero-order valence-electron chi connectivity index (χ0n) is 12.2. The fourth-order valence-electron chi connectivity index (χ4n) is 2.05. The lowest BCUT2D eigenvalue weighted by atomic mass is 9.89. The normalized spacial score (nSPS) is 11.5. The highest BCUT2D eigenvalue weighted by Gasteiger charge is 2.32. The fourth-order valence-corrected chi connectivity index (χ4v) is 2.41. The molecule has 0 spiro atoms. The SMILES string of the molecule is COc1ccc(Br)cc1-c1noc(C(C)(C)C)c1C(=O)O. The number of hydrogen-bond donors (Lipinski definition) is 1. The minimum Gasteiger partial charge on any atom is -0.496 e. The Balaban J connectivity index is 2.74. The molecule has 2 rings (SSSR count). The minimum absolute atomic E-state index is 0.0684. The summed E-state index contributed by atoms with van der Waals surface area (Å²) in [6.45, 7) is 5.63. The van der Waals surface area contributed by atoms with Crippen LogP contribution in [0.15, 0.2) is 27.2 Å². The largest absolute Gasteiger partial charge is 0.496 e. The number of hydrogen-bond acceptors (Lipinski definition) is 4. The highest BCUT2D eigenvalue weighted by molar-refractivity contribution is 9.10. The first-order valence-corrected chi connectivity index (χ1v) is 7.12. The van der Waals surface area contributed by atoms with E-state index in [1.54, 1.807) is 12.1 Å². The maximum absolute atomic E-state index is 11.7. The zero-order chi connectivity index (χ0) is 15.8. The zero-order valence-corrected chi connectivity index (χ0v) is 13.8. The number of ether oxygens (including phenoxy) is 1. The van der Waals surface area contributed by atoms with Gasteiger partial charge in [-0.05, 0) is 18.2 Å². The molecule has 1 aromatic heterocycles. The number of rotatable bonds is 3. The van der Waals surface area contributed by atoms with E-state index in [-0.39, 0.29) is 11.3 Å². The van der Waals surface area contributed by atoms with E-state index in [0.29, 0.717) is 17.1 Å². The molecule has 0 radical (unpaired) electrons. The monoisotopic (exact) mass is 353 g/mol. The van der Waals surface area contributed by atoms with E-state index in [9.17, 15) is 9.90 Å². The Morgan fingerprint density at radius 3 is 2.57 bits per heavy atom. The summed E-state index contributed by atoms with van der Waals surface area (Å²) in [5.74, 6) is -0.195. The number of halogens is 1. The van der Waals surface area contributed by atoms with Crippen LogP contribution in [0.1, 0.15) is 36.9 Å². The van der Waals surface area contributed by atoms with Crippen LogP contribution in [0.4, 0.5) is 0 Å². The Labute approximate surface area is 131 Å². The first-order chi connectivity index (χ1) is 9.75. The number of methoxy groups -OCH3 is 1. The van der Waals surface area contributed by atoms with Gasteiger partial charge in [-0.25, -0.2) is 4.79 Å². The molecule has 6 heteroatoms. The van der Waals surface area contributed by atoms with Gasteiger partial charge in [-0.1, -0.05) is 41.9 Å². The Bertz CT molecular complexity index is 685. The van der Waals surface area contributed by atoms with Crippen molar-refractivity contribution >= 4 is 21.9 Å². The molecule has 1 heterocycles. The molecule has 0 aliphatic heterocycles. The second-order valence-corrected chi connectivity index (χ2v) is 6.55. The molecule has 0 fully saturated rings. The van der Waals surface area contributed by atoms with Crippen molar-refractivity contribution in [3.05, 3.63) is 34.0 Å². The lowest BCUT2D eigenvalue weighted by Gasteiger charge is -2.14. The number of aromatic carboxylic acids is 1. The molecular formula is C15H16BrNO4. The highest BCUT2D eigenvalue weighted by atomic mass is 79.9. The molecule has 0 aliphatic carbocycles. The van der Waals surface area contributed by atoms with Gasteiger partial charge in [0.2, 0.25) is 0 Å². The van der Waals surface area contributed by atoms with Gasteiger partial charge in [0, 0.05) is 15.5 Å². The van der Waals surface area contributed by atoms with Crippen molar-refractivity contribution < 1.29 is 19.2 Å². The molecule has 0 amide bonds. The second-order valence-electron chi connectivity index (χ2n) is 5.64. The van der Waals surface area contributed by atoms with Crippen molar-refractivity contribution in [1.82, 2.24) is 5.16 Å². The van der Waals surface area contributed by atoms with Crippen LogP contribution in [0.5, 0.6) is 5.75 Å². The summed E-state index contributed by atoms with van der Waals surface area (Å²) in [6.07, 6.45) is 0. The number of carboxylic acids is 1. The third-order valence-electron chi connectivity index (χ3n) is 3.00. The molecule has 0 unspecified atom stereocenters. The van der Waals surface area contributed by atoms with Crippen LogP contribution >= 0.6 is 15.9 Å². The third-order valence-corrected chi connectivity index (χ3v) is 3.50. The van der Waals surface area contributed by atoms with Gasteiger partial charge in [-0.15, -0.1) is 0 Å². The van der Waals surface area contributed by atoms with Crippen LogP contribution in [0, 0.1) is 0 Å². The summed E-state index contributed by atoms with van der Waals surface area (Å²) in [4.78, 5) is 11.7. The number of aromatic nitrogens is 1. The summed E-state index contributed by atoms with van der Waals surface area (Å²) in [5.41, 5.74) is 0.450. The number of carbonyl (C=O) groups is 1. The van der Waals surface area contributed by atoms with Gasteiger partial charge in [0.1, 0.15) is 17.0 Å². The molecule has 0 atom stereocenters. The summed E-state index contributed by atoms with van der Waals surface area (Å²) < 4.78 is 11.4. The molecule has 112 valence electrons. The predicted octanol–water partition coefficient (Wildman–Crippen LogP) is 4.11. The molecule has 0 saturated carbocycles. The Morgan fingerprint density at radius 1 is 1.38 bits per heavy atom. The number of carboxylic acid groups (broad SMARTS) is 1. The quantitative estimate of drug-likeness (QED) is 0.898. The van der Waals surface area contributed by atoms with Gasteiger partial charge in [-0.3, -0.25) is 0 Å². The van der Waals surface area contributed by atoms with E-state index in [1.807, 2.05) is 26.8 Å². The first-order valence-electron chi connectivity index (χ1n) is 6.33. The van der Waals surface area contributed by atoms with Crippen LogP contribution in [0.25, 0.3) is 11.3 Å². The number of nitrogens with zero attached hydrogens (tertiary/aromatic N) is 1. The predicted molar refractivity (Wildman–Crippen MR) is 81.9 cm³/mol. The van der Waals surface area contributed by atoms with Crippen molar-refractivity contribution in [2.24, 2.45) is 0 Å². The van der Waals surface area contributed by atoms with Crippen LogP contribution in [-0.2, 0) is 5.41 Å². The second kappa shape index (κ2) is 5.52. The topological polar surface area (TPSA) is 72.6 Å². The van der Waals surface area contributed by atoms with Crippen LogP contribution in [0.2, 0.25) is 0 Å². The van der Waals surface area contributed by atoms with Gasteiger partial charge in [-0.2, -0.15) is 0 Å². The molecular weight excluding hydrogens is 338 g/mol. The molecule has 1 N–H and O–H groups in total. The van der Waals surface area contributed by atoms with Gasteiger partial charge in [0.05, 0.1) is 7.11 Å². The third kappa shape index (κ3) is 2.95. The van der Waals surface area contributed by atoms with E-state index in [1.165, 1.54) is 7.11 Å². The molecule has 5 nitrogen and oxygen atoms in total. The standard InChI is InChI=1S/C15H16BrNO4/c1-15(2,3)13-11(14(18)19)12(17-21-13)9-7-8(16)5-6-10(9)20-4/h5-7H,1-4H3,(H,18,19). The lowest BCUT2D eigenvalue weighted by molar-refractivity contribution is 0.0693. The van der Waals surface area contributed by atoms with Gasteiger partial charge in [0.25, 0.3) is 0 Å². The summed E-state index contributed by atoms with van der Waals surface area (Å²) in [6, 6.07) is 5.32. The highest BCUT2D eigenvalue weighted by Crippen LogP contribution is 2.38. The van der Waals surface area contributed by atoms with E-state index in [4.69, 9.17) is 9.26 Å². The summed E-state index contributed by atoms with van der Waals surface area (Å²) in [5, 5.41) is 13.5. The van der Waals surface area contributed by atoms with Crippen LogP contribution < -0.4 is 4.74 Å². The van der Waals surface area contributed by atoms with Gasteiger partial charge in [0.15, 0.2) is 5.76 Å². The van der Waals surface area contributed by atoms with E-state index < -0.39 is 11.4 Å². The van der Waals surface area contributed by atoms with Gasteiger partial charge >= 0.3 is 5.97 Å². The lowest BCUT2D eigenvalue weighted by Crippen LogP contribution is -2.15. The van der Waals surface area contributed by atoms with E-state index in [2.05, 4.69) is 21.1 Å².